The van der Waals surface area contributed by atoms with Crippen LogP contribution in [0.15, 0.2) is 28.6 Å². The maximum Gasteiger partial charge on any atom is 0.286 e. The van der Waals surface area contributed by atoms with Gasteiger partial charge >= 0.3 is 0 Å². The summed E-state index contributed by atoms with van der Waals surface area (Å²) >= 11 is 0. The molecule has 0 aromatic heterocycles. The van der Waals surface area contributed by atoms with E-state index in [0.29, 0.717) is 11.3 Å². The predicted octanol–water partition coefficient (Wildman–Crippen LogP) is 2.39. The standard InChI is InChI=1S/C16H23N3O3S/c1-16(2)10-13(16)15(21)17-12-8-6-11(7-9-12)14(20)18-23(5,22)19(3)4/h6-9,13H,10H2,1-5H3,(H,17,21)/t13-,23?/m1/s1. The fourth-order valence-electron chi connectivity index (χ4n) is 2.13. The maximum atomic E-state index is 12.1. The molecule has 2 rings (SSSR count). The van der Waals surface area contributed by atoms with Crippen molar-refractivity contribution in [3.05, 3.63) is 29.8 Å². The van der Waals surface area contributed by atoms with Crippen LogP contribution in [0.2, 0.25) is 0 Å². The second-order valence-corrected chi connectivity index (χ2v) is 9.22. The predicted molar refractivity (Wildman–Crippen MR) is 91.5 cm³/mol. The van der Waals surface area contributed by atoms with E-state index in [1.54, 1.807) is 38.4 Å². The molecule has 1 N–H and O–H groups in total. The summed E-state index contributed by atoms with van der Waals surface area (Å²) in [4.78, 5) is 24.1. The summed E-state index contributed by atoms with van der Waals surface area (Å²) in [5.41, 5.74) is 1.05. The van der Waals surface area contributed by atoms with Crippen molar-refractivity contribution in [1.29, 1.82) is 0 Å². The van der Waals surface area contributed by atoms with Gasteiger partial charge in [-0.05, 0) is 36.1 Å². The zero-order valence-corrected chi connectivity index (χ0v) is 14.9. The Kier molecular flexibility index (Phi) is 4.64. The summed E-state index contributed by atoms with van der Waals surface area (Å²) in [7, 11) is 0.515. The largest absolute Gasteiger partial charge is 0.326 e. The van der Waals surface area contributed by atoms with E-state index in [-0.39, 0.29) is 17.2 Å². The summed E-state index contributed by atoms with van der Waals surface area (Å²) in [5, 5.41) is 2.85. The van der Waals surface area contributed by atoms with Crippen molar-refractivity contribution in [1.82, 2.24) is 4.31 Å². The molecule has 1 aliphatic rings. The third kappa shape index (κ3) is 4.17. The maximum absolute atomic E-state index is 12.1. The SMILES string of the molecule is CN(C)S(C)(=O)=NC(=O)c1ccc(NC(=O)[C@H]2CC2(C)C)cc1. The van der Waals surface area contributed by atoms with Crippen LogP contribution >= 0.6 is 0 Å². The minimum atomic E-state index is -2.70. The third-order valence-electron chi connectivity index (χ3n) is 4.16. The molecule has 1 saturated carbocycles. The van der Waals surface area contributed by atoms with Crippen molar-refractivity contribution in [3.8, 4) is 0 Å². The molecule has 1 aliphatic carbocycles. The molecule has 2 amide bonds. The molecular weight excluding hydrogens is 314 g/mol. The Morgan fingerprint density at radius 1 is 1.26 bits per heavy atom. The Bertz CT molecular complexity index is 744. The average Bonchev–Trinajstić information content (AvgIpc) is 3.08. The molecule has 6 nitrogen and oxygen atoms in total. The summed E-state index contributed by atoms with van der Waals surface area (Å²) < 4.78 is 17.3. The summed E-state index contributed by atoms with van der Waals surface area (Å²) in [6.07, 6.45) is 2.31. The van der Waals surface area contributed by atoms with Crippen molar-refractivity contribution < 1.29 is 13.8 Å². The van der Waals surface area contributed by atoms with Crippen molar-refractivity contribution in [2.45, 2.75) is 20.3 Å². The Hall–Kier alpha value is -1.73. The second-order valence-electron chi connectivity index (χ2n) is 6.78. The first-order chi connectivity index (χ1) is 10.5. The van der Waals surface area contributed by atoms with Crippen LogP contribution in [0.4, 0.5) is 5.69 Å². The van der Waals surface area contributed by atoms with E-state index < -0.39 is 15.8 Å². The molecule has 0 saturated heterocycles. The lowest BCUT2D eigenvalue weighted by Crippen LogP contribution is -2.21. The average molecular weight is 337 g/mol. The van der Waals surface area contributed by atoms with Gasteiger partial charge in [0.05, 0.1) is 0 Å². The van der Waals surface area contributed by atoms with Crippen molar-refractivity contribution >= 4 is 27.4 Å². The molecule has 1 unspecified atom stereocenters. The van der Waals surface area contributed by atoms with E-state index >= 15 is 0 Å². The number of anilines is 1. The van der Waals surface area contributed by atoms with Gasteiger partial charge in [-0.3, -0.25) is 9.59 Å². The lowest BCUT2D eigenvalue weighted by atomic mass is 10.1. The van der Waals surface area contributed by atoms with Gasteiger partial charge in [0.2, 0.25) is 5.91 Å². The van der Waals surface area contributed by atoms with Crippen LogP contribution in [0.5, 0.6) is 0 Å². The van der Waals surface area contributed by atoms with Crippen LogP contribution in [0.3, 0.4) is 0 Å². The van der Waals surface area contributed by atoms with Crippen LogP contribution in [-0.4, -0.2) is 40.7 Å². The summed E-state index contributed by atoms with van der Waals surface area (Å²) in [6, 6.07) is 6.46. The number of benzene rings is 1. The van der Waals surface area contributed by atoms with Crippen LogP contribution in [0, 0.1) is 11.3 Å². The minimum absolute atomic E-state index is 0.00273. The Morgan fingerprint density at radius 2 is 1.78 bits per heavy atom. The highest BCUT2D eigenvalue weighted by atomic mass is 32.2. The monoisotopic (exact) mass is 337 g/mol. The Morgan fingerprint density at radius 3 is 2.22 bits per heavy atom. The first-order valence-electron chi connectivity index (χ1n) is 7.38. The number of nitrogens with one attached hydrogen (secondary N) is 1. The zero-order chi connectivity index (χ0) is 17.4. The molecule has 1 aromatic rings. The van der Waals surface area contributed by atoms with E-state index in [0.717, 1.165) is 6.42 Å². The molecule has 0 heterocycles. The molecule has 0 spiro atoms. The molecule has 2 atom stereocenters. The molecule has 23 heavy (non-hydrogen) atoms. The number of carbonyl (C=O) groups is 2. The van der Waals surface area contributed by atoms with Crippen LogP contribution in [-0.2, 0) is 14.7 Å². The summed E-state index contributed by atoms with van der Waals surface area (Å²) in [5.74, 6) is -0.487. The Balaban J connectivity index is 2.07. The molecule has 0 aliphatic heterocycles. The molecule has 0 radical (unpaired) electrons. The molecule has 126 valence electrons. The highest BCUT2D eigenvalue weighted by Gasteiger charge is 2.50. The van der Waals surface area contributed by atoms with E-state index in [4.69, 9.17) is 0 Å². The van der Waals surface area contributed by atoms with Crippen molar-refractivity contribution in [3.63, 3.8) is 0 Å². The highest BCUT2D eigenvalue weighted by Crippen LogP contribution is 2.51. The first-order valence-corrected chi connectivity index (χ1v) is 9.26. The first kappa shape index (κ1) is 17.6. The number of nitrogens with zero attached hydrogens (tertiary/aromatic N) is 2. The van der Waals surface area contributed by atoms with E-state index in [2.05, 4.69) is 23.5 Å². The van der Waals surface area contributed by atoms with Gasteiger partial charge in [-0.1, -0.05) is 13.8 Å². The van der Waals surface area contributed by atoms with Crippen molar-refractivity contribution in [2.75, 3.05) is 25.7 Å². The fourth-order valence-corrected chi connectivity index (χ4v) is 2.70. The van der Waals surface area contributed by atoms with Crippen LogP contribution < -0.4 is 5.32 Å². The highest BCUT2D eigenvalue weighted by molar-refractivity contribution is 7.90. The fraction of sp³-hybridized carbons (Fsp3) is 0.500. The number of rotatable bonds is 4. The van der Waals surface area contributed by atoms with Gasteiger partial charge in [-0.2, -0.15) is 0 Å². The molecule has 7 heteroatoms. The van der Waals surface area contributed by atoms with Gasteiger partial charge in [0, 0.05) is 37.5 Å². The van der Waals surface area contributed by atoms with E-state index in [1.165, 1.54) is 10.6 Å². The Labute approximate surface area is 137 Å². The summed E-state index contributed by atoms with van der Waals surface area (Å²) in [6.45, 7) is 4.13. The number of hydrogen-bond acceptors (Lipinski definition) is 3. The van der Waals surface area contributed by atoms with Crippen LogP contribution in [0.25, 0.3) is 0 Å². The quantitative estimate of drug-likeness (QED) is 0.916. The zero-order valence-electron chi connectivity index (χ0n) is 14.1. The smallest absolute Gasteiger partial charge is 0.286 e. The van der Waals surface area contributed by atoms with Gasteiger partial charge in [-0.15, -0.1) is 4.36 Å². The molecule has 0 bridgehead atoms. The lowest BCUT2D eigenvalue weighted by Gasteiger charge is -2.11. The topological polar surface area (TPSA) is 78.8 Å². The lowest BCUT2D eigenvalue weighted by molar-refractivity contribution is -0.118. The minimum Gasteiger partial charge on any atom is -0.326 e. The number of hydrogen-bond donors (Lipinski definition) is 1. The number of carbonyl (C=O) groups excluding carboxylic acids is 2. The van der Waals surface area contributed by atoms with Gasteiger partial charge in [0.1, 0.15) is 9.92 Å². The normalized spacial score (nSPS) is 21.4. The number of amides is 2. The van der Waals surface area contributed by atoms with E-state index in [9.17, 15) is 13.8 Å². The third-order valence-corrected chi connectivity index (χ3v) is 6.02. The van der Waals surface area contributed by atoms with Crippen molar-refractivity contribution in [2.24, 2.45) is 15.7 Å². The van der Waals surface area contributed by atoms with Gasteiger partial charge in [0.15, 0.2) is 0 Å². The molecule has 1 fully saturated rings. The van der Waals surface area contributed by atoms with Crippen LogP contribution in [0.1, 0.15) is 30.6 Å². The molecule has 1 aromatic carbocycles. The van der Waals surface area contributed by atoms with E-state index in [1.807, 2.05) is 0 Å². The second kappa shape index (κ2) is 6.05. The van der Waals surface area contributed by atoms with Gasteiger partial charge < -0.3 is 5.32 Å². The van der Waals surface area contributed by atoms with Gasteiger partial charge in [-0.25, -0.2) is 8.51 Å². The molecular formula is C16H23N3O3S. The van der Waals surface area contributed by atoms with Gasteiger partial charge in [0.25, 0.3) is 5.91 Å².